The summed E-state index contributed by atoms with van der Waals surface area (Å²) in [7, 11) is 1.58. The number of aromatic nitrogens is 2. The molecule has 1 N–H and O–H groups in total. The van der Waals surface area contributed by atoms with Crippen molar-refractivity contribution in [3.05, 3.63) is 75.0 Å². The van der Waals surface area contributed by atoms with E-state index in [0.717, 1.165) is 5.56 Å². The highest BCUT2D eigenvalue weighted by Crippen LogP contribution is 2.27. The fourth-order valence-corrected chi connectivity index (χ4v) is 2.96. The first-order valence-corrected chi connectivity index (χ1v) is 9.79. The van der Waals surface area contributed by atoms with Crippen LogP contribution in [0.2, 0.25) is 10.0 Å². The highest BCUT2D eigenvalue weighted by Gasteiger charge is 2.08. The Hall–Kier alpha value is -3.03. The van der Waals surface area contributed by atoms with Crippen LogP contribution < -0.4 is 20.3 Å². The molecule has 156 valence electrons. The molecule has 0 aliphatic heterocycles. The first-order chi connectivity index (χ1) is 14.5. The smallest absolute Gasteiger partial charge is 0.266 e. The average Bonchev–Trinajstić information content (AvgIpc) is 2.75. The van der Waals surface area contributed by atoms with Gasteiger partial charge in [0.1, 0.15) is 11.5 Å². The summed E-state index contributed by atoms with van der Waals surface area (Å²) in [5, 5.41) is 7.86. The molecule has 0 unspecified atom stereocenters. The molecule has 0 radical (unpaired) electrons. The number of ether oxygens (including phenoxy) is 2. The van der Waals surface area contributed by atoms with E-state index < -0.39 is 0 Å². The van der Waals surface area contributed by atoms with Crippen molar-refractivity contribution in [3.8, 4) is 22.8 Å². The summed E-state index contributed by atoms with van der Waals surface area (Å²) in [4.78, 5) is 24.1. The highest BCUT2D eigenvalue weighted by molar-refractivity contribution is 6.34. The minimum atomic E-state index is -0.358. The van der Waals surface area contributed by atoms with Crippen molar-refractivity contribution in [3.63, 3.8) is 0 Å². The largest absolute Gasteiger partial charge is 0.497 e. The van der Waals surface area contributed by atoms with Gasteiger partial charge in [-0.15, -0.1) is 0 Å². The van der Waals surface area contributed by atoms with Gasteiger partial charge >= 0.3 is 0 Å². The van der Waals surface area contributed by atoms with E-state index in [2.05, 4.69) is 10.4 Å². The zero-order valence-electron chi connectivity index (χ0n) is 16.1. The molecule has 3 aromatic rings. The van der Waals surface area contributed by atoms with Crippen LogP contribution in [0.15, 0.2) is 59.4 Å². The van der Waals surface area contributed by atoms with E-state index in [9.17, 15) is 9.59 Å². The van der Waals surface area contributed by atoms with Gasteiger partial charge in [0, 0.05) is 29.3 Å². The number of carbonyl (C=O) groups excluding carboxylic acids is 1. The Bertz CT molecular complexity index is 1100. The van der Waals surface area contributed by atoms with E-state index in [1.165, 1.54) is 16.8 Å². The van der Waals surface area contributed by atoms with Crippen LogP contribution in [-0.2, 0) is 11.3 Å². The molecule has 0 bridgehead atoms. The zero-order chi connectivity index (χ0) is 21.5. The second-order valence-corrected chi connectivity index (χ2v) is 7.07. The van der Waals surface area contributed by atoms with Gasteiger partial charge < -0.3 is 14.8 Å². The Morgan fingerprint density at radius 1 is 1.13 bits per heavy atom. The quantitative estimate of drug-likeness (QED) is 0.571. The van der Waals surface area contributed by atoms with Gasteiger partial charge in [0.15, 0.2) is 6.61 Å². The molecule has 30 heavy (non-hydrogen) atoms. The second-order valence-electron chi connectivity index (χ2n) is 6.23. The van der Waals surface area contributed by atoms with Crippen LogP contribution in [0.1, 0.15) is 0 Å². The summed E-state index contributed by atoms with van der Waals surface area (Å²) in [6.07, 6.45) is 0. The van der Waals surface area contributed by atoms with E-state index in [-0.39, 0.29) is 31.2 Å². The molecule has 9 heteroatoms. The predicted molar refractivity (Wildman–Crippen MR) is 115 cm³/mol. The third kappa shape index (κ3) is 5.75. The number of nitrogens with one attached hydrogen (secondary N) is 1. The Balaban J connectivity index is 1.57. The molecule has 0 saturated heterocycles. The monoisotopic (exact) mass is 447 g/mol. The maximum absolute atomic E-state index is 12.1. The van der Waals surface area contributed by atoms with Gasteiger partial charge in [0.05, 0.1) is 24.4 Å². The lowest BCUT2D eigenvalue weighted by Gasteiger charge is -2.10. The van der Waals surface area contributed by atoms with Crippen LogP contribution in [-0.4, -0.2) is 35.9 Å². The third-order valence-corrected chi connectivity index (χ3v) is 4.68. The Kier molecular flexibility index (Phi) is 7.32. The zero-order valence-corrected chi connectivity index (χ0v) is 17.6. The van der Waals surface area contributed by atoms with Crippen molar-refractivity contribution in [2.45, 2.75) is 6.54 Å². The van der Waals surface area contributed by atoms with Crippen molar-refractivity contribution in [2.24, 2.45) is 0 Å². The van der Waals surface area contributed by atoms with Gasteiger partial charge in [-0.25, -0.2) is 4.68 Å². The van der Waals surface area contributed by atoms with Gasteiger partial charge in [0.25, 0.3) is 11.5 Å². The molecule has 7 nitrogen and oxygen atoms in total. The van der Waals surface area contributed by atoms with E-state index in [1.54, 1.807) is 25.3 Å². The lowest BCUT2D eigenvalue weighted by molar-refractivity contribution is -0.123. The summed E-state index contributed by atoms with van der Waals surface area (Å²) < 4.78 is 11.9. The van der Waals surface area contributed by atoms with Gasteiger partial charge in [-0.2, -0.15) is 5.10 Å². The van der Waals surface area contributed by atoms with Crippen molar-refractivity contribution < 1.29 is 14.3 Å². The number of hydrogen-bond acceptors (Lipinski definition) is 5. The van der Waals surface area contributed by atoms with Crippen molar-refractivity contribution in [1.82, 2.24) is 15.1 Å². The number of hydrogen-bond donors (Lipinski definition) is 1. The number of rotatable bonds is 8. The fourth-order valence-electron chi connectivity index (χ4n) is 2.63. The lowest BCUT2D eigenvalue weighted by Crippen LogP contribution is -2.34. The van der Waals surface area contributed by atoms with E-state index in [4.69, 9.17) is 32.7 Å². The summed E-state index contributed by atoms with van der Waals surface area (Å²) in [5.74, 6) is 0.658. The Labute approximate surface area is 183 Å². The van der Waals surface area contributed by atoms with Crippen LogP contribution in [0.4, 0.5) is 0 Å². The van der Waals surface area contributed by atoms with Crippen molar-refractivity contribution >= 4 is 29.1 Å². The van der Waals surface area contributed by atoms with Gasteiger partial charge in [-0.1, -0.05) is 35.3 Å². The molecule has 0 fully saturated rings. The number of nitrogens with zero attached hydrogens (tertiary/aromatic N) is 2. The number of carbonyl (C=O) groups is 1. The highest BCUT2D eigenvalue weighted by atomic mass is 35.5. The predicted octanol–water partition coefficient (Wildman–Crippen LogP) is 3.42. The van der Waals surface area contributed by atoms with Crippen molar-refractivity contribution in [1.29, 1.82) is 0 Å². The summed E-state index contributed by atoms with van der Waals surface area (Å²) in [5.41, 5.74) is 1.18. The topological polar surface area (TPSA) is 82.5 Å². The molecule has 1 amide bonds. The lowest BCUT2D eigenvalue weighted by atomic mass is 10.1. The summed E-state index contributed by atoms with van der Waals surface area (Å²) in [6.45, 7) is 0.187. The standard InChI is InChI=1S/C21H19Cl2N3O4/c1-29-16-4-2-3-14(11-16)18-7-8-21(28)26(25-18)10-9-24-20(27)13-30-19-12-15(22)5-6-17(19)23/h2-8,11-12H,9-10,13H2,1H3,(H,24,27). The van der Waals surface area contributed by atoms with E-state index >= 15 is 0 Å². The third-order valence-electron chi connectivity index (χ3n) is 4.13. The molecule has 3 rings (SSSR count). The maximum atomic E-state index is 12.1. The number of methoxy groups -OCH3 is 1. The number of amides is 1. The van der Waals surface area contributed by atoms with Crippen LogP contribution in [0, 0.1) is 0 Å². The molecule has 2 aromatic carbocycles. The van der Waals surface area contributed by atoms with E-state index in [1.807, 2.05) is 24.3 Å². The van der Waals surface area contributed by atoms with Crippen LogP contribution in [0.5, 0.6) is 11.5 Å². The molecule has 1 heterocycles. The summed E-state index contributed by atoms with van der Waals surface area (Å²) in [6, 6.07) is 15.2. The molecule has 0 spiro atoms. The Morgan fingerprint density at radius 3 is 2.77 bits per heavy atom. The van der Waals surface area contributed by atoms with Crippen LogP contribution in [0.25, 0.3) is 11.3 Å². The van der Waals surface area contributed by atoms with Gasteiger partial charge in [-0.3, -0.25) is 9.59 Å². The maximum Gasteiger partial charge on any atom is 0.266 e. The van der Waals surface area contributed by atoms with Crippen molar-refractivity contribution in [2.75, 3.05) is 20.3 Å². The van der Waals surface area contributed by atoms with E-state index in [0.29, 0.717) is 27.2 Å². The molecule has 1 aromatic heterocycles. The number of benzene rings is 2. The van der Waals surface area contributed by atoms with Crippen LogP contribution in [0.3, 0.4) is 0 Å². The second kappa shape index (κ2) is 10.1. The Morgan fingerprint density at radius 2 is 1.97 bits per heavy atom. The molecular formula is C21H19Cl2N3O4. The first kappa shape index (κ1) is 21.7. The molecular weight excluding hydrogens is 429 g/mol. The van der Waals surface area contributed by atoms with Crippen LogP contribution >= 0.6 is 23.2 Å². The normalized spacial score (nSPS) is 10.5. The van der Waals surface area contributed by atoms with Gasteiger partial charge in [0.2, 0.25) is 0 Å². The fraction of sp³-hybridized carbons (Fsp3) is 0.190. The minimum Gasteiger partial charge on any atom is -0.497 e. The van der Waals surface area contributed by atoms with Gasteiger partial charge in [-0.05, 0) is 30.3 Å². The minimum absolute atomic E-state index is 0.208. The SMILES string of the molecule is COc1cccc(-c2ccc(=O)n(CCNC(=O)COc3cc(Cl)ccc3Cl)n2)c1. The molecule has 0 aliphatic carbocycles. The molecule has 0 atom stereocenters. The molecule has 0 saturated carbocycles. The average molecular weight is 448 g/mol. The summed E-state index contributed by atoms with van der Waals surface area (Å²) >= 11 is 11.9. The first-order valence-electron chi connectivity index (χ1n) is 9.03. The number of halogens is 2. The molecule has 0 aliphatic rings.